The number of ether oxygens (including phenoxy) is 1. The Morgan fingerprint density at radius 1 is 0.972 bits per heavy atom. The number of rotatable bonds is 4. The van der Waals surface area contributed by atoms with E-state index in [9.17, 15) is 28.2 Å². The highest BCUT2D eigenvalue weighted by molar-refractivity contribution is 6.04. The Morgan fingerprint density at radius 3 is 2.36 bits per heavy atom. The standard InChI is InChI=1S/C27H21F4NO4/c1-13-8-16(2-3-19(13)29)32-22-9-15(28)10-23(33)25(22)24(26(32)14-4-6-36-7-5-14)17-11-21(31)18(27(34)35)12-20(17)30/h2-3,8-12,14,33H,4-7H2,1H3,(H,34,35). The van der Waals surface area contributed by atoms with Gasteiger partial charge in [0.05, 0.1) is 16.5 Å². The van der Waals surface area contributed by atoms with Crippen LogP contribution >= 0.6 is 0 Å². The van der Waals surface area contributed by atoms with Gasteiger partial charge in [-0.2, -0.15) is 0 Å². The molecule has 5 rings (SSSR count). The summed E-state index contributed by atoms with van der Waals surface area (Å²) in [6, 6.07) is 7.70. The Balaban J connectivity index is 1.94. The molecule has 2 heterocycles. The first kappa shape index (κ1) is 23.9. The summed E-state index contributed by atoms with van der Waals surface area (Å²) in [7, 11) is 0. The minimum atomic E-state index is -1.63. The maximum Gasteiger partial charge on any atom is 0.338 e. The van der Waals surface area contributed by atoms with E-state index in [-0.39, 0.29) is 27.9 Å². The lowest BCUT2D eigenvalue weighted by Crippen LogP contribution is -2.18. The van der Waals surface area contributed by atoms with Crippen LogP contribution in [0.5, 0.6) is 5.75 Å². The minimum Gasteiger partial charge on any atom is -0.507 e. The summed E-state index contributed by atoms with van der Waals surface area (Å²) < 4.78 is 66.0. The number of halogens is 4. The van der Waals surface area contributed by atoms with E-state index in [1.165, 1.54) is 18.2 Å². The van der Waals surface area contributed by atoms with Crippen LogP contribution in [0.2, 0.25) is 0 Å². The first-order valence-electron chi connectivity index (χ1n) is 11.3. The van der Waals surface area contributed by atoms with Gasteiger partial charge in [0, 0.05) is 47.7 Å². The van der Waals surface area contributed by atoms with Crippen LogP contribution in [0.3, 0.4) is 0 Å². The molecular weight excluding hydrogens is 478 g/mol. The van der Waals surface area contributed by atoms with E-state index in [0.29, 0.717) is 49.1 Å². The molecule has 5 nitrogen and oxygen atoms in total. The second kappa shape index (κ2) is 8.98. The predicted octanol–water partition coefficient (Wildman–Crippen LogP) is 6.46. The number of carboxylic acid groups (broad SMARTS) is 1. The van der Waals surface area contributed by atoms with Crippen molar-refractivity contribution in [1.82, 2.24) is 4.57 Å². The van der Waals surface area contributed by atoms with Crippen LogP contribution in [-0.4, -0.2) is 34.0 Å². The normalized spacial score (nSPS) is 14.5. The number of aromatic carboxylic acids is 1. The first-order chi connectivity index (χ1) is 17.2. The second-order valence-corrected chi connectivity index (χ2v) is 8.85. The Kier molecular flexibility index (Phi) is 5.96. The summed E-state index contributed by atoms with van der Waals surface area (Å²) >= 11 is 0. The largest absolute Gasteiger partial charge is 0.507 e. The Morgan fingerprint density at radius 2 is 1.69 bits per heavy atom. The van der Waals surface area contributed by atoms with Gasteiger partial charge in [-0.3, -0.25) is 0 Å². The lowest BCUT2D eigenvalue weighted by Gasteiger charge is -2.26. The number of aryl methyl sites for hydroxylation is 1. The molecule has 2 N–H and O–H groups in total. The molecule has 36 heavy (non-hydrogen) atoms. The van der Waals surface area contributed by atoms with Crippen molar-refractivity contribution in [2.75, 3.05) is 13.2 Å². The molecule has 0 amide bonds. The Bertz CT molecular complexity index is 1520. The maximum absolute atomic E-state index is 15.4. The third-order valence-electron chi connectivity index (χ3n) is 6.61. The van der Waals surface area contributed by atoms with Gasteiger partial charge < -0.3 is 19.5 Å². The molecule has 186 valence electrons. The minimum absolute atomic E-state index is 0.0706. The van der Waals surface area contributed by atoms with Crippen molar-refractivity contribution in [2.45, 2.75) is 25.7 Å². The molecule has 1 aliphatic heterocycles. The number of carboxylic acids is 1. The highest BCUT2D eigenvalue weighted by atomic mass is 19.1. The number of carbonyl (C=O) groups is 1. The van der Waals surface area contributed by atoms with Gasteiger partial charge in [0.1, 0.15) is 29.0 Å². The third kappa shape index (κ3) is 3.89. The fraction of sp³-hybridized carbons (Fsp3) is 0.222. The second-order valence-electron chi connectivity index (χ2n) is 8.85. The van der Waals surface area contributed by atoms with Crippen molar-refractivity contribution in [3.8, 4) is 22.6 Å². The van der Waals surface area contributed by atoms with Crippen molar-refractivity contribution >= 4 is 16.9 Å². The number of benzene rings is 3. The summed E-state index contributed by atoms with van der Waals surface area (Å²) in [5.74, 6) is -5.76. The molecule has 0 spiro atoms. The van der Waals surface area contributed by atoms with Gasteiger partial charge in [-0.05, 0) is 61.7 Å². The Labute approximate surface area is 203 Å². The van der Waals surface area contributed by atoms with E-state index in [4.69, 9.17) is 4.74 Å². The monoisotopic (exact) mass is 499 g/mol. The Hall–Kier alpha value is -3.85. The summed E-state index contributed by atoms with van der Waals surface area (Å²) in [6.07, 6.45) is 1.01. The molecular formula is C27H21F4NO4. The van der Waals surface area contributed by atoms with E-state index in [1.54, 1.807) is 17.6 Å². The molecule has 1 saturated heterocycles. The highest BCUT2D eigenvalue weighted by Gasteiger charge is 2.31. The molecule has 0 atom stereocenters. The van der Waals surface area contributed by atoms with Crippen LogP contribution in [0.4, 0.5) is 17.6 Å². The van der Waals surface area contributed by atoms with Crippen molar-refractivity contribution in [1.29, 1.82) is 0 Å². The SMILES string of the molecule is Cc1cc(-n2c(C3CCOCC3)c(-c3cc(F)c(C(=O)O)cc3F)c3c(O)cc(F)cc32)ccc1F. The van der Waals surface area contributed by atoms with Crippen molar-refractivity contribution < 1.29 is 37.3 Å². The van der Waals surface area contributed by atoms with Crippen molar-refractivity contribution in [2.24, 2.45) is 0 Å². The number of fused-ring (bicyclic) bond motifs is 1. The lowest BCUT2D eigenvalue weighted by molar-refractivity contribution is 0.0691. The van der Waals surface area contributed by atoms with E-state index in [2.05, 4.69) is 0 Å². The zero-order valence-corrected chi connectivity index (χ0v) is 19.1. The molecule has 4 aromatic rings. The highest BCUT2D eigenvalue weighted by Crippen LogP contribution is 2.47. The summed E-state index contributed by atoms with van der Waals surface area (Å²) in [6.45, 7) is 2.35. The fourth-order valence-electron chi connectivity index (χ4n) is 4.96. The topological polar surface area (TPSA) is 71.7 Å². The lowest BCUT2D eigenvalue weighted by atomic mass is 9.89. The van der Waals surface area contributed by atoms with Crippen LogP contribution in [0.25, 0.3) is 27.7 Å². The summed E-state index contributed by atoms with van der Waals surface area (Å²) in [5, 5.41) is 20.1. The molecule has 3 aromatic carbocycles. The zero-order valence-electron chi connectivity index (χ0n) is 19.1. The van der Waals surface area contributed by atoms with Gasteiger partial charge in [-0.1, -0.05) is 0 Å². The number of hydrogen-bond donors (Lipinski definition) is 2. The first-order valence-corrected chi connectivity index (χ1v) is 11.3. The molecule has 0 radical (unpaired) electrons. The van der Waals surface area contributed by atoms with E-state index in [0.717, 1.165) is 12.1 Å². The molecule has 9 heteroatoms. The van der Waals surface area contributed by atoms with E-state index in [1.807, 2.05) is 0 Å². The van der Waals surface area contributed by atoms with Crippen LogP contribution in [0.1, 0.15) is 40.4 Å². The number of aromatic nitrogens is 1. The van der Waals surface area contributed by atoms with E-state index >= 15 is 4.39 Å². The number of aromatic hydroxyl groups is 1. The molecule has 0 unspecified atom stereocenters. The van der Waals surface area contributed by atoms with Gasteiger partial charge in [-0.15, -0.1) is 0 Å². The van der Waals surface area contributed by atoms with Crippen molar-refractivity contribution in [3.05, 3.63) is 82.6 Å². The number of hydrogen-bond acceptors (Lipinski definition) is 3. The van der Waals surface area contributed by atoms with Crippen LogP contribution in [0.15, 0.2) is 42.5 Å². The van der Waals surface area contributed by atoms with Crippen molar-refractivity contribution in [3.63, 3.8) is 0 Å². The predicted molar refractivity (Wildman–Crippen MR) is 125 cm³/mol. The molecule has 0 saturated carbocycles. The molecule has 1 aromatic heterocycles. The van der Waals surface area contributed by atoms with Gasteiger partial charge in [0.15, 0.2) is 0 Å². The van der Waals surface area contributed by atoms with Gasteiger partial charge in [0.2, 0.25) is 0 Å². The van der Waals surface area contributed by atoms with Crippen LogP contribution in [-0.2, 0) is 4.74 Å². The third-order valence-corrected chi connectivity index (χ3v) is 6.61. The van der Waals surface area contributed by atoms with E-state index < -0.39 is 40.6 Å². The molecule has 0 bridgehead atoms. The average Bonchev–Trinajstić information content (AvgIpc) is 3.17. The fourth-order valence-corrected chi connectivity index (χ4v) is 4.96. The maximum atomic E-state index is 15.4. The smallest absolute Gasteiger partial charge is 0.338 e. The number of nitrogens with zero attached hydrogens (tertiary/aromatic N) is 1. The summed E-state index contributed by atoms with van der Waals surface area (Å²) in [4.78, 5) is 11.4. The zero-order chi connectivity index (χ0) is 25.7. The van der Waals surface area contributed by atoms with Gasteiger partial charge >= 0.3 is 5.97 Å². The number of phenolic OH excluding ortho intramolecular Hbond substituents is 1. The van der Waals surface area contributed by atoms with Gasteiger partial charge in [-0.25, -0.2) is 22.4 Å². The molecule has 1 fully saturated rings. The average molecular weight is 499 g/mol. The van der Waals surface area contributed by atoms with Crippen LogP contribution in [0, 0.1) is 30.2 Å². The molecule has 1 aliphatic rings. The summed E-state index contributed by atoms with van der Waals surface area (Å²) in [5.41, 5.74) is 0.404. The quantitative estimate of drug-likeness (QED) is 0.316. The van der Waals surface area contributed by atoms with Gasteiger partial charge in [0.25, 0.3) is 0 Å². The molecule has 0 aliphatic carbocycles. The van der Waals surface area contributed by atoms with Crippen LogP contribution < -0.4 is 0 Å². The number of phenols is 1.